The van der Waals surface area contributed by atoms with E-state index in [1.807, 2.05) is 42.7 Å². The molecule has 3 N–H and O–H groups in total. The lowest BCUT2D eigenvalue weighted by Gasteiger charge is -2.24. The molecule has 0 fully saturated rings. The predicted octanol–water partition coefficient (Wildman–Crippen LogP) is 3.25. The molecule has 0 unspecified atom stereocenters. The zero-order chi connectivity index (χ0) is 24.7. The molecule has 2 aromatic carbocycles. The maximum Gasteiger partial charge on any atom is 0.407 e. The molecule has 0 saturated carbocycles. The maximum absolute atomic E-state index is 12.8. The summed E-state index contributed by atoms with van der Waals surface area (Å²) < 4.78 is 10.6. The summed E-state index contributed by atoms with van der Waals surface area (Å²) >= 11 is 1.52. The molecule has 0 saturated heterocycles. The van der Waals surface area contributed by atoms with Crippen LogP contribution in [0.15, 0.2) is 48.5 Å². The number of carboxylic acids is 1. The third-order valence-electron chi connectivity index (χ3n) is 5.97. The van der Waals surface area contributed by atoms with Crippen LogP contribution in [0.5, 0.6) is 0 Å². The van der Waals surface area contributed by atoms with E-state index >= 15 is 0 Å². The number of benzene rings is 2. The third kappa shape index (κ3) is 5.90. The lowest BCUT2D eigenvalue weighted by Crippen LogP contribution is -2.55. The third-order valence-corrected chi connectivity index (χ3v) is 6.61. The van der Waals surface area contributed by atoms with Gasteiger partial charge in [-0.1, -0.05) is 48.5 Å². The molecular formula is C25H30N2O6S. The van der Waals surface area contributed by atoms with Crippen molar-refractivity contribution in [1.82, 2.24) is 10.6 Å². The van der Waals surface area contributed by atoms with Crippen molar-refractivity contribution in [3.05, 3.63) is 59.7 Å². The van der Waals surface area contributed by atoms with Gasteiger partial charge in [0, 0.05) is 13.0 Å². The van der Waals surface area contributed by atoms with Crippen LogP contribution in [0.3, 0.4) is 0 Å². The van der Waals surface area contributed by atoms with Crippen molar-refractivity contribution in [2.24, 2.45) is 0 Å². The van der Waals surface area contributed by atoms with Gasteiger partial charge in [0.1, 0.15) is 12.6 Å². The van der Waals surface area contributed by atoms with E-state index in [2.05, 4.69) is 22.8 Å². The van der Waals surface area contributed by atoms with Gasteiger partial charge in [-0.2, -0.15) is 11.8 Å². The van der Waals surface area contributed by atoms with Crippen molar-refractivity contribution in [3.8, 4) is 11.1 Å². The molecule has 3 rings (SSSR count). The highest BCUT2D eigenvalue weighted by Crippen LogP contribution is 2.44. The Morgan fingerprint density at radius 3 is 2.15 bits per heavy atom. The van der Waals surface area contributed by atoms with Gasteiger partial charge < -0.3 is 25.2 Å². The number of amides is 2. The quantitative estimate of drug-likeness (QED) is 0.447. The first-order valence-corrected chi connectivity index (χ1v) is 12.4. The number of fused-ring (bicyclic) bond motifs is 3. The minimum atomic E-state index is -1.24. The number of carbonyl (C=O) groups excluding carboxylic acids is 2. The Morgan fingerprint density at radius 1 is 1.03 bits per heavy atom. The van der Waals surface area contributed by atoms with Crippen molar-refractivity contribution >= 4 is 29.7 Å². The Balaban J connectivity index is 1.66. The fraction of sp³-hybridized carbons (Fsp3) is 0.400. The van der Waals surface area contributed by atoms with E-state index in [1.54, 1.807) is 6.92 Å². The Morgan fingerprint density at radius 2 is 1.62 bits per heavy atom. The molecule has 0 spiro atoms. The van der Waals surface area contributed by atoms with E-state index < -0.39 is 36.2 Å². The van der Waals surface area contributed by atoms with Gasteiger partial charge in [0.25, 0.3) is 0 Å². The smallest absolute Gasteiger partial charge is 0.407 e. The number of methoxy groups -OCH3 is 1. The van der Waals surface area contributed by atoms with Crippen LogP contribution in [0.25, 0.3) is 11.1 Å². The molecule has 1 aliphatic rings. The van der Waals surface area contributed by atoms with E-state index in [9.17, 15) is 19.5 Å². The topological polar surface area (TPSA) is 114 Å². The highest BCUT2D eigenvalue weighted by molar-refractivity contribution is 7.98. The average Bonchev–Trinajstić information content (AvgIpc) is 3.16. The summed E-state index contributed by atoms with van der Waals surface area (Å²) in [6.45, 7) is 1.67. The van der Waals surface area contributed by atoms with E-state index in [-0.39, 0.29) is 12.5 Å². The van der Waals surface area contributed by atoms with Crippen LogP contribution in [0.4, 0.5) is 4.79 Å². The molecule has 0 aromatic heterocycles. The van der Waals surface area contributed by atoms with Crippen LogP contribution in [-0.2, 0) is 19.1 Å². The zero-order valence-corrected chi connectivity index (χ0v) is 20.3. The number of thioether (sulfide) groups is 1. The second kappa shape index (κ2) is 11.9. The Hall–Kier alpha value is -3.04. The fourth-order valence-electron chi connectivity index (χ4n) is 4.06. The first-order valence-electron chi connectivity index (χ1n) is 11.0. The highest BCUT2D eigenvalue weighted by atomic mass is 32.2. The van der Waals surface area contributed by atoms with Gasteiger partial charge in [0.05, 0.1) is 6.10 Å². The maximum atomic E-state index is 12.8. The van der Waals surface area contributed by atoms with E-state index in [4.69, 9.17) is 9.47 Å². The molecule has 8 nitrogen and oxygen atoms in total. The molecule has 2 aromatic rings. The van der Waals surface area contributed by atoms with Gasteiger partial charge in [-0.3, -0.25) is 4.79 Å². The van der Waals surface area contributed by atoms with Crippen LogP contribution in [0.2, 0.25) is 0 Å². The summed E-state index contributed by atoms with van der Waals surface area (Å²) in [6.07, 6.45) is 0.743. The molecule has 2 amide bonds. The first kappa shape index (κ1) is 25.6. The van der Waals surface area contributed by atoms with Crippen LogP contribution in [0.1, 0.15) is 30.4 Å². The van der Waals surface area contributed by atoms with Crippen molar-refractivity contribution in [2.45, 2.75) is 37.5 Å². The molecule has 0 radical (unpaired) electrons. The molecule has 0 bridgehead atoms. The number of ether oxygens (including phenoxy) is 2. The summed E-state index contributed by atoms with van der Waals surface area (Å²) in [6, 6.07) is 13.9. The molecule has 1 aliphatic carbocycles. The van der Waals surface area contributed by atoms with Gasteiger partial charge >= 0.3 is 12.1 Å². The number of hydrogen-bond acceptors (Lipinski definition) is 6. The summed E-state index contributed by atoms with van der Waals surface area (Å²) in [5.74, 6) is -1.32. The highest BCUT2D eigenvalue weighted by Gasteiger charge is 2.32. The van der Waals surface area contributed by atoms with Gasteiger partial charge in [-0.15, -0.1) is 0 Å². The summed E-state index contributed by atoms with van der Waals surface area (Å²) in [7, 11) is 1.37. The number of carboxylic acid groups (broad SMARTS) is 1. The van der Waals surface area contributed by atoms with Crippen molar-refractivity contribution in [3.63, 3.8) is 0 Å². The predicted molar refractivity (Wildman–Crippen MR) is 131 cm³/mol. The van der Waals surface area contributed by atoms with Gasteiger partial charge in [-0.25, -0.2) is 9.59 Å². The van der Waals surface area contributed by atoms with Gasteiger partial charge in [-0.05, 0) is 47.6 Å². The minimum Gasteiger partial charge on any atom is -0.480 e. The van der Waals surface area contributed by atoms with Crippen molar-refractivity contribution < 1.29 is 29.0 Å². The largest absolute Gasteiger partial charge is 0.480 e. The normalized spacial score (nSPS) is 14.9. The lowest BCUT2D eigenvalue weighted by molar-refractivity contribution is -0.145. The van der Waals surface area contributed by atoms with Crippen molar-refractivity contribution in [2.75, 3.05) is 25.7 Å². The number of hydrogen-bond donors (Lipinski definition) is 3. The Bertz CT molecular complexity index is 984. The zero-order valence-electron chi connectivity index (χ0n) is 19.4. The van der Waals surface area contributed by atoms with Crippen LogP contribution >= 0.6 is 11.8 Å². The van der Waals surface area contributed by atoms with Crippen LogP contribution in [0, 0.1) is 0 Å². The SMILES string of the molecule is CO[C@H](C)[C@H](NC(=O)[C@H](CCSC)NC(=O)OCC1c2ccccc2-c2ccccc21)C(=O)O. The Labute approximate surface area is 203 Å². The molecule has 9 heteroatoms. The van der Waals surface area contributed by atoms with Gasteiger partial charge in [0.2, 0.25) is 5.91 Å². The number of rotatable bonds is 11. The molecule has 182 valence electrons. The number of carbonyl (C=O) groups is 3. The minimum absolute atomic E-state index is 0.101. The fourth-order valence-corrected chi connectivity index (χ4v) is 4.53. The van der Waals surface area contributed by atoms with Crippen LogP contribution < -0.4 is 10.6 Å². The monoisotopic (exact) mass is 486 g/mol. The first-order chi connectivity index (χ1) is 16.4. The standard InChI is InChI=1S/C25H30N2O6S/c1-15(32-2)22(24(29)30)27-23(28)21(12-13-34-3)26-25(31)33-14-20-18-10-6-4-8-16(18)17-9-5-7-11-19(17)20/h4-11,15,20-22H,12-14H2,1-3H3,(H,26,31)(H,27,28)(H,29,30)/t15-,21+,22+/m1/s1. The summed E-state index contributed by atoms with van der Waals surface area (Å²) in [5, 5.41) is 14.5. The Kier molecular flexibility index (Phi) is 8.95. The van der Waals surface area contributed by atoms with Crippen molar-refractivity contribution in [1.29, 1.82) is 0 Å². The molecule has 0 aliphatic heterocycles. The van der Waals surface area contributed by atoms with E-state index in [0.717, 1.165) is 22.3 Å². The lowest BCUT2D eigenvalue weighted by atomic mass is 9.98. The summed E-state index contributed by atoms with van der Waals surface area (Å²) in [5.41, 5.74) is 4.42. The van der Waals surface area contributed by atoms with E-state index in [1.165, 1.54) is 18.9 Å². The van der Waals surface area contributed by atoms with Crippen LogP contribution in [-0.4, -0.2) is 67.0 Å². The molecule has 0 heterocycles. The summed E-state index contributed by atoms with van der Waals surface area (Å²) in [4.78, 5) is 37.0. The molecular weight excluding hydrogens is 456 g/mol. The van der Waals surface area contributed by atoms with E-state index in [0.29, 0.717) is 12.2 Å². The van der Waals surface area contributed by atoms with Gasteiger partial charge in [0.15, 0.2) is 6.04 Å². The number of alkyl carbamates (subject to hydrolysis) is 1. The molecule has 34 heavy (non-hydrogen) atoms. The number of aliphatic carboxylic acids is 1. The second-order valence-corrected chi connectivity index (χ2v) is 9.05. The number of nitrogens with one attached hydrogen (secondary N) is 2. The average molecular weight is 487 g/mol. The second-order valence-electron chi connectivity index (χ2n) is 8.07. The molecule has 3 atom stereocenters.